The zero-order valence-corrected chi connectivity index (χ0v) is 19.3. The molecule has 1 aliphatic heterocycles. The Morgan fingerprint density at radius 2 is 1.70 bits per heavy atom. The summed E-state index contributed by atoms with van der Waals surface area (Å²) in [4.78, 5) is 29.0. The molecule has 33 heavy (non-hydrogen) atoms. The number of esters is 1. The van der Waals surface area contributed by atoms with E-state index in [1.165, 1.54) is 12.5 Å². The van der Waals surface area contributed by atoms with Gasteiger partial charge < -0.3 is 15.0 Å². The number of hydrogen-bond acceptors (Lipinski definition) is 5. The van der Waals surface area contributed by atoms with Gasteiger partial charge in [-0.25, -0.2) is 0 Å². The van der Waals surface area contributed by atoms with Crippen LogP contribution in [0, 0.1) is 0 Å². The fraction of sp³-hybridized carbons (Fsp3) is 0.333. The van der Waals surface area contributed by atoms with Crippen LogP contribution in [0.4, 0.5) is 5.69 Å². The van der Waals surface area contributed by atoms with E-state index in [-0.39, 0.29) is 17.9 Å². The molecule has 172 valence electrons. The van der Waals surface area contributed by atoms with Crippen molar-refractivity contribution in [2.24, 2.45) is 0 Å². The van der Waals surface area contributed by atoms with Gasteiger partial charge in [0.15, 0.2) is 0 Å². The van der Waals surface area contributed by atoms with Crippen molar-refractivity contribution in [2.45, 2.75) is 19.4 Å². The molecule has 0 radical (unpaired) electrons. The zero-order chi connectivity index (χ0) is 23.2. The quantitative estimate of drug-likeness (QED) is 0.557. The molecule has 1 saturated heterocycles. The largest absolute Gasteiger partial charge is 0.469 e. The van der Waals surface area contributed by atoms with Gasteiger partial charge in [0.1, 0.15) is 0 Å². The standard InChI is InChI=1S/C27H31N3O3/c1-20(24-12-6-8-21-7-3-4-11-25(21)24)28-27(32)22-9-5-10-23(19-22)30-17-15-29(16-18-30)14-13-26(31)33-2/h3-12,19-20H,13-18H2,1-2H3,(H,28,32)/t20-/m1/s1. The lowest BCUT2D eigenvalue weighted by molar-refractivity contribution is -0.141. The topological polar surface area (TPSA) is 61.9 Å². The lowest BCUT2D eigenvalue weighted by atomic mass is 9.99. The molecule has 0 aromatic heterocycles. The summed E-state index contributed by atoms with van der Waals surface area (Å²) < 4.78 is 4.73. The van der Waals surface area contributed by atoms with Crippen LogP contribution in [-0.2, 0) is 9.53 Å². The van der Waals surface area contributed by atoms with Crippen molar-refractivity contribution >= 4 is 28.3 Å². The second kappa shape index (κ2) is 10.5. The smallest absolute Gasteiger partial charge is 0.306 e. The van der Waals surface area contributed by atoms with E-state index >= 15 is 0 Å². The normalized spacial score (nSPS) is 15.3. The molecule has 1 amide bonds. The van der Waals surface area contributed by atoms with Crippen molar-refractivity contribution in [1.29, 1.82) is 0 Å². The molecule has 1 N–H and O–H groups in total. The van der Waals surface area contributed by atoms with E-state index in [0.717, 1.165) is 49.4 Å². The molecule has 1 heterocycles. The zero-order valence-electron chi connectivity index (χ0n) is 19.3. The lowest BCUT2D eigenvalue weighted by Crippen LogP contribution is -2.47. The summed E-state index contributed by atoms with van der Waals surface area (Å²) in [5.74, 6) is -0.247. The lowest BCUT2D eigenvalue weighted by Gasteiger charge is -2.36. The van der Waals surface area contributed by atoms with Crippen molar-refractivity contribution in [3.8, 4) is 0 Å². The van der Waals surface area contributed by atoms with Crippen molar-refractivity contribution < 1.29 is 14.3 Å². The predicted octanol–water partition coefficient (Wildman–Crippen LogP) is 4.02. The molecule has 0 spiro atoms. The molecule has 1 fully saturated rings. The third-order valence-corrected chi connectivity index (χ3v) is 6.34. The maximum absolute atomic E-state index is 13.0. The average Bonchev–Trinajstić information content (AvgIpc) is 2.87. The summed E-state index contributed by atoms with van der Waals surface area (Å²) in [6.07, 6.45) is 0.418. The van der Waals surface area contributed by atoms with Crippen LogP contribution in [0.2, 0.25) is 0 Å². The van der Waals surface area contributed by atoms with Crippen LogP contribution in [0.1, 0.15) is 35.3 Å². The molecular weight excluding hydrogens is 414 g/mol. The second-order valence-corrected chi connectivity index (χ2v) is 8.47. The minimum Gasteiger partial charge on any atom is -0.469 e. The Morgan fingerprint density at radius 1 is 0.970 bits per heavy atom. The van der Waals surface area contributed by atoms with Crippen LogP contribution in [0.3, 0.4) is 0 Å². The Kier molecular flexibility index (Phi) is 7.25. The number of carbonyl (C=O) groups excluding carboxylic acids is 2. The van der Waals surface area contributed by atoms with Crippen molar-refractivity contribution in [3.63, 3.8) is 0 Å². The van der Waals surface area contributed by atoms with Gasteiger partial charge in [-0.05, 0) is 41.5 Å². The van der Waals surface area contributed by atoms with E-state index in [1.807, 2.05) is 43.3 Å². The number of piperazine rings is 1. The van der Waals surface area contributed by atoms with Gasteiger partial charge in [-0.1, -0.05) is 48.5 Å². The van der Waals surface area contributed by atoms with E-state index < -0.39 is 0 Å². The van der Waals surface area contributed by atoms with Gasteiger partial charge in [0, 0.05) is 44.0 Å². The fourth-order valence-electron chi connectivity index (χ4n) is 4.41. The number of rotatable bonds is 7. The molecule has 3 aromatic carbocycles. The van der Waals surface area contributed by atoms with E-state index in [0.29, 0.717) is 12.0 Å². The Balaban J connectivity index is 1.38. The predicted molar refractivity (Wildman–Crippen MR) is 132 cm³/mol. The molecule has 1 aliphatic rings. The van der Waals surface area contributed by atoms with E-state index in [1.54, 1.807) is 0 Å². The van der Waals surface area contributed by atoms with Crippen LogP contribution in [0.15, 0.2) is 66.7 Å². The minimum absolute atomic E-state index is 0.0750. The Bertz CT molecular complexity index is 1120. The van der Waals surface area contributed by atoms with Crippen LogP contribution >= 0.6 is 0 Å². The monoisotopic (exact) mass is 445 g/mol. The average molecular weight is 446 g/mol. The number of ether oxygens (including phenoxy) is 1. The minimum atomic E-state index is -0.172. The first kappa shape index (κ1) is 22.8. The number of benzene rings is 3. The third-order valence-electron chi connectivity index (χ3n) is 6.34. The Labute approximate surface area is 195 Å². The van der Waals surface area contributed by atoms with Crippen LogP contribution in [0.5, 0.6) is 0 Å². The Hall–Kier alpha value is -3.38. The molecule has 0 aliphatic carbocycles. The number of hydrogen-bond donors (Lipinski definition) is 1. The molecule has 0 saturated carbocycles. The highest BCUT2D eigenvalue weighted by Gasteiger charge is 2.19. The first-order valence-electron chi connectivity index (χ1n) is 11.5. The van der Waals surface area contributed by atoms with Gasteiger partial charge in [0.05, 0.1) is 19.6 Å². The number of carbonyl (C=O) groups is 2. The van der Waals surface area contributed by atoms with Gasteiger partial charge in [-0.3, -0.25) is 14.5 Å². The van der Waals surface area contributed by atoms with Gasteiger partial charge >= 0.3 is 5.97 Å². The molecular formula is C27H31N3O3. The van der Waals surface area contributed by atoms with Gasteiger partial charge in [-0.2, -0.15) is 0 Å². The fourth-order valence-corrected chi connectivity index (χ4v) is 4.41. The molecule has 1 atom stereocenters. The van der Waals surface area contributed by atoms with Crippen molar-refractivity contribution in [1.82, 2.24) is 10.2 Å². The molecule has 0 bridgehead atoms. The maximum Gasteiger partial charge on any atom is 0.306 e. The summed E-state index contributed by atoms with van der Waals surface area (Å²) in [6.45, 7) is 6.22. The van der Waals surface area contributed by atoms with Crippen molar-refractivity contribution in [3.05, 3.63) is 77.9 Å². The number of amides is 1. The van der Waals surface area contributed by atoms with Crippen LogP contribution in [0.25, 0.3) is 10.8 Å². The molecule has 3 aromatic rings. The highest BCUT2D eigenvalue weighted by atomic mass is 16.5. The number of nitrogens with one attached hydrogen (secondary N) is 1. The third kappa shape index (κ3) is 5.52. The maximum atomic E-state index is 13.0. The molecule has 4 rings (SSSR count). The van der Waals surface area contributed by atoms with Gasteiger partial charge in [0.2, 0.25) is 0 Å². The summed E-state index contributed by atoms with van der Waals surface area (Å²) in [5.41, 5.74) is 2.82. The summed E-state index contributed by atoms with van der Waals surface area (Å²) >= 11 is 0. The van der Waals surface area contributed by atoms with E-state index in [9.17, 15) is 9.59 Å². The van der Waals surface area contributed by atoms with E-state index in [4.69, 9.17) is 4.74 Å². The number of methoxy groups -OCH3 is 1. The first-order chi connectivity index (χ1) is 16.0. The van der Waals surface area contributed by atoms with E-state index in [2.05, 4.69) is 45.4 Å². The molecule has 0 unspecified atom stereocenters. The van der Waals surface area contributed by atoms with Crippen LogP contribution < -0.4 is 10.2 Å². The molecule has 6 heteroatoms. The highest BCUT2D eigenvalue weighted by molar-refractivity contribution is 5.96. The summed E-state index contributed by atoms with van der Waals surface area (Å²) in [5, 5.41) is 5.49. The van der Waals surface area contributed by atoms with Gasteiger partial charge in [-0.15, -0.1) is 0 Å². The SMILES string of the molecule is COC(=O)CCN1CCN(c2cccc(C(=O)N[C@H](C)c3cccc4ccccc34)c2)CC1. The van der Waals surface area contributed by atoms with Crippen molar-refractivity contribution in [2.75, 3.05) is 44.7 Å². The molecule has 6 nitrogen and oxygen atoms in total. The first-order valence-corrected chi connectivity index (χ1v) is 11.5. The number of nitrogens with zero attached hydrogens (tertiary/aromatic N) is 2. The van der Waals surface area contributed by atoms with Crippen LogP contribution in [-0.4, -0.2) is 56.6 Å². The van der Waals surface area contributed by atoms with Gasteiger partial charge in [0.25, 0.3) is 5.91 Å². The highest BCUT2D eigenvalue weighted by Crippen LogP contribution is 2.25. The second-order valence-electron chi connectivity index (χ2n) is 8.47. The Morgan fingerprint density at radius 3 is 2.48 bits per heavy atom. The number of fused-ring (bicyclic) bond motifs is 1. The number of anilines is 1. The summed E-state index contributed by atoms with van der Waals surface area (Å²) in [7, 11) is 1.42. The summed E-state index contributed by atoms with van der Waals surface area (Å²) in [6, 6.07) is 22.2.